The van der Waals surface area contributed by atoms with Crippen molar-refractivity contribution in [2.45, 2.75) is 24.7 Å². The largest absolute Gasteiger partial charge is 0.355 e. The molecule has 2 aromatic heterocycles. The van der Waals surface area contributed by atoms with E-state index in [-0.39, 0.29) is 29.0 Å². The first-order valence-electron chi connectivity index (χ1n) is 10.5. The minimum absolute atomic E-state index is 0.0628. The Bertz CT molecular complexity index is 1040. The number of aromatic nitrogens is 1. The third-order valence-electron chi connectivity index (χ3n) is 5.92. The smallest absolute Gasteiger partial charge is 0.248 e. The summed E-state index contributed by atoms with van der Waals surface area (Å²) in [6, 6.07) is 3.87. The van der Waals surface area contributed by atoms with E-state index < -0.39 is 10.0 Å². The van der Waals surface area contributed by atoms with Gasteiger partial charge in [-0.25, -0.2) is 8.42 Å². The van der Waals surface area contributed by atoms with Crippen molar-refractivity contribution in [3.05, 3.63) is 33.8 Å². The van der Waals surface area contributed by atoms with Gasteiger partial charge in [0.05, 0.1) is 5.92 Å². The fraction of sp³-hybridized carbons (Fsp3) is 0.524. The van der Waals surface area contributed by atoms with Gasteiger partial charge in [-0.05, 0) is 50.4 Å². The third-order valence-corrected chi connectivity index (χ3v) is 8.78. The molecule has 0 spiro atoms. The van der Waals surface area contributed by atoms with Crippen molar-refractivity contribution in [2.24, 2.45) is 5.92 Å². The number of piperazine rings is 1. The minimum atomic E-state index is -3.83. The van der Waals surface area contributed by atoms with Crippen LogP contribution in [0, 0.1) is 12.8 Å². The number of amides is 1. The van der Waals surface area contributed by atoms with Crippen LogP contribution < -0.4 is 0 Å². The molecule has 2 saturated heterocycles. The molecule has 168 valence electrons. The number of piperidine rings is 1. The zero-order valence-electron chi connectivity index (χ0n) is 17.9. The van der Waals surface area contributed by atoms with E-state index >= 15 is 0 Å². The topological polar surface area (TPSA) is 87.0 Å². The number of carbonyl (C=O) groups is 1. The Balaban J connectivity index is 1.52. The summed E-state index contributed by atoms with van der Waals surface area (Å²) in [5.74, 6) is -0.0246. The van der Waals surface area contributed by atoms with Crippen molar-refractivity contribution < 1.29 is 17.7 Å². The van der Waals surface area contributed by atoms with Gasteiger partial charge in [0.1, 0.15) is 5.69 Å². The lowest BCUT2D eigenvalue weighted by Gasteiger charge is -2.37. The lowest BCUT2D eigenvalue weighted by atomic mass is 9.98. The van der Waals surface area contributed by atoms with Crippen LogP contribution in [0.3, 0.4) is 0 Å². The van der Waals surface area contributed by atoms with E-state index in [0.717, 1.165) is 18.0 Å². The Labute approximate surface area is 187 Å². The maximum Gasteiger partial charge on any atom is 0.248 e. The zero-order chi connectivity index (χ0) is 22.0. The number of nitrogens with zero attached hydrogens (tertiary/aromatic N) is 4. The van der Waals surface area contributed by atoms with Gasteiger partial charge in [0.15, 0.2) is 10.7 Å². The molecule has 4 heterocycles. The Hall–Kier alpha value is -2.01. The molecule has 4 rings (SSSR count). The molecule has 1 amide bonds. The van der Waals surface area contributed by atoms with Crippen LogP contribution in [-0.2, 0) is 14.8 Å². The van der Waals surface area contributed by atoms with Crippen LogP contribution in [-0.4, -0.2) is 79.9 Å². The van der Waals surface area contributed by atoms with Crippen LogP contribution in [0.4, 0.5) is 0 Å². The molecule has 0 N–H and O–H groups in total. The molecule has 2 fully saturated rings. The third kappa shape index (κ3) is 4.77. The molecule has 2 aliphatic heterocycles. The molecular formula is C21H28N4O4S2. The average molecular weight is 465 g/mol. The Morgan fingerprint density at radius 1 is 1.23 bits per heavy atom. The highest BCUT2D eigenvalue weighted by Crippen LogP contribution is 2.30. The number of hydrogen-bond donors (Lipinski definition) is 0. The average Bonchev–Trinajstić information content (AvgIpc) is 3.42. The van der Waals surface area contributed by atoms with Crippen LogP contribution >= 0.6 is 11.3 Å². The van der Waals surface area contributed by atoms with E-state index in [1.54, 1.807) is 24.3 Å². The summed E-state index contributed by atoms with van der Waals surface area (Å²) in [5, 5.41) is 5.86. The Morgan fingerprint density at radius 3 is 2.71 bits per heavy atom. The molecule has 0 unspecified atom stereocenters. The van der Waals surface area contributed by atoms with E-state index in [4.69, 9.17) is 4.52 Å². The van der Waals surface area contributed by atoms with Crippen molar-refractivity contribution in [3.8, 4) is 0 Å². The van der Waals surface area contributed by atoms with Crippen LogP contribution in [0.2, 0.25) is 0 Å². The van der Waals surface area contributed by atoms with E-state index in [9.17, 15) is 13.2 Å². The van der Waals surface area contributed by atoms with E-state index in [1.165, 1.54) is 4.31 Å². The van der Waals surface area contributed by atoms with Gasteiger partial charge in [0.25, 0.3) is 0 Å². The van der Waals surface area contributed by atoms with Gasteiger partial charge in [-0.1, -0.05) is 11.2 Å². The second-order valence-electron chi connectivity index (χ2n) is 8.14. The maximum atomic E-state index is 13.5. The van der Waals surface area contributed by atoms with E-state index in [2.05, 4.69) is 10.1 Å². The molecule has 0 radical (unpaired) electrons. The van der Waals surface area contributed by atoms with Gasteiger partial charge in [-0.3, -0.25) is 4.79 Å². The van der Waals surface area contributed by atoms with Crippen LogP contribution in [0.1, 0.15) is 29.2 Å². The molecule has 8 nitrogen and oxygen atoms in total. The number of sulfonamides is 1. The summed E-state index contributed by atoms with van der Waals surface area (Å²) < 4.78 is 33.8. The minimum Gasteiger partial charge on any atom is -0.355 e. The zero-order valence-corrected chi connectivity index (χ0v) is 19.5. The molecule has 31 heavy (non-hydrogen) atoms. The normalized spacial score (nSPS) is 21.7. The first kappa shape index (κ1) is 22.2. The molecule has 0 aromatic carbocycles. The first-order valence-corrected chi connectivity index (χ1v) is 12.8. The molecule has 2 aromatic rings. The second kappa shape index (κ2) is 9.23. The highest BCUT2D eigenvalue weighted by Gasteiger charge is 2.38. The second-order valence-corrected chi connectivity index (χ2v) is 11.0. The predicted molar refractivity (Wildman–Crippen MR) is 120 cm³/mol. The number of carbonyl (C=O) groups excluding carboxylic acids is 1. The van der Waals surface area contributed by atoms with Gasteiger partial charge in [-0.15, -0.1) is 11.3 Å². The van der Waals surface area contributed by atoms with Gasteiger partial charge in [0.2, 0.25) is 15.9 Å². The predicted octanol–water partition coefficient (Wildman–Crippen LogP) is 2.39. The van der Waals surface area contributed by atoms with Gasteiger partial charge >= 0.3 is 0 Å². The highest BCUT2D eigenvalue weighted by atomic mass is 32.2. The lowest BCUT2D eigenvalue weighted by molar-refractivity contribution is -0.138. The van der Waals surface area contributed by atoms with Crippen LogP contribution in [0.5, 0.6) is 0 Å². The van der Waals surface area contributed by atoms with Crippen molar-refractivity contribution in [3.63, 3.8) is 0 Å². The molecular weight excluding hydrogens is 436 g/mol. The molecule has 10 heteroatoms. The highest BCUT2D eigenvalue weighted by molar-refractivity contribution is 7.89. The van der Waals surface area contributed by atoms with Gasteiger partial charge in [0, 0.05) is 44.1 Å². The number of hydrogen-bond acceptors (Lipinski definition) is 7. The Morgan fingerprint density at radius 2 is 2.00 bits per heavy atom. The van der Waals surface area contributed by atoms with Gasteiger partial charge < -0.3 is 14.3 Å². The van der Waals surface area contributed by atoms with Gasteiger partial charge in [-0.2, -0.15) is 4.31 Å². The molecule has 0 saturated carbocycles. The van der Waals surface area contributed by atoms with Crippen molar-refractivity contribution in [2.75, 3.05) is 46.3 Å². The molecule has 0 bridgehead atoms. The SMILES string of the molecule is Cc1noc(/C=C/c2cccs2)c1S(=O)(=O)N1CCC[C@@H](C(=O)N2CCN(C)CC2)C1. The maximum absolute atomic E-state index is 13.5. The number of thiophene rings is 1. The first-order chi connectivity index (χ1) is 14.9. The standard InChI is InChI=1S/C21H28N4O4S2/c1-16-20(19(29-22-16)8-7-18-6-4-14-30-18)31(27,28)25-9-3-5-17(15-25)21(26)24-12-10-23(2)11-13-24/h4,6-8,14,17H,3,5,9-13,15H2,1-2H3/b8-7+/t17-/m1/s1. The number of likely N-dealkylation sites (N-methyl/N-ethyl adjacent to an activating group) is 1. The number of aryl methyl sites for hydroxylation is 1. The molecule has 1 atom stereocenters. The van der Waals surface area contributed by atoms with Crippen molar-refractivity contribution >= 4 is 39.4 Å². The summed E-state index contributed by atoms with van der Waals surface area (Å²) in [5.41, 5.74) is 0.332. The quantitative estimate of drug-likeness (QED) is 0.675. The monoisotopic (exact) mass is 464 g/mol. The van der Waals surface area contributed by atoms with Crippen molar-refractivity contribution in [1.29, 1.82) is 0 Å². The summed E-state index contributed by atoms with van der Waals surface area (Å²) in [4.78, 5) is 18.2. The summed E-state index contributed by atoms with van der Waals surface area (Å²) in [6.07, 6.45) is 4.84. The summed E-state index contributed by atoms with van der Waals surface area (Å²) >= 11 is 1.55. The molecule has 0 aliphatic carbocycles. The van der Waals surface area contributed by atoms with Crippen LogP contribution in [0.25, 0.3) is 12.2 Å². The Kier molecular flexibility index (Phi) is 6.61. The van der Waals surface area contributed by atoms with E-state index in [1.807, 2.05) is 35.5 Å². The summed E-state index contributed by atoms with van der Waals surface area (Å²) in [6.45, 7) is 5.32. The van der Waals surface area contributed by atoms with Crippen LogP contribution in [0.15, 0.2) is 26.9 Å². The summed E-state index contributed by atoms with van der Waals surface area (Å²) in [7, 11) is -1.78. The van der Waals surface area contributed by atoms with Crippen molar-refractivity contribution in [1.82, 2.24) is 19.3 Å². The van der Waals surface area contributed by atoms with E-state index in [0.29, 0.717) is 38.2 Å². The fourth-order valence-corrected chi connectivity index (χ4v) is 6.51. The number of rotatable bonds is 5. The fourth-order valence-electron chi connectivity index (χ4n) is 4.12. The lowest BCUT2D eigenvalue weighted by Crippen LogP contribution is -2.52. The molecule has 2 aliphatic rings.